The molecule has 2 aromatic rings. The Kier molecular flexibility index (Phi) is 4.97. The molecule has 1 aliphatic rings. The summed E-state index contributed by atoms with van der Waals surface area (Å²) < 4.78 is 41.8. The largest absolute Gasteiger partial charge is 0.366 e. The summed E-state index contributed by atoms with van der Waals surface area (Å²) in [5, 5.41) is 0. The minimum atomic E-state index is -0.900. The van der Waals surface area contributed by atoms with Crippen molar-refractivity contribution in [1.29, 1.82) is 0 Å². The predicted octanol–water partition coefficient (Wildman–Crippen LogP) is 3.27. The molecule has 0 atom stereocenters. The molecule has 1 saturated heterocycles. The fraction of sp³-hybridized carbons (Fsp3) is 0.263. The van der Waals surface area contributed by atoms with Gasteiger partial charge in [-0.05, 0) is 37.3 Å². The topological polar surface area (TPSA) is 40.6 Å². The summed E-state index contributed by atoms with van der Waals surface area (Å²) in [5.41, 5.74) is 0.0483. The van der Waals surface area contributed by atoms with Crippen molar-refractivity contribution in [2.75, 3.05) is 31.1 Å². The van der Waals surface area contributed by atoms with Gasteiger partial charge in [0.2, 0.25) is 0 Å². The molecule has 0 radical (unpaired) electrons. The molecule has 1 aliphatic heterocycles. The summed E-state index contributed by atoms with van der Waals surface area (Å²) in [7, 11) is 0. The van der Waals surface area contributed by atoms with Crippen LogP contribution in [-0.4, -0.2) is 42.8 Å². The van der Waals surface area contributed by atoms with E-state index in [0.717, 1.165) is 12.1 Å². The maximum Gasteiger partial charge on any atom is 0.259 e. The van der Waals surface area contributed by atoms with Crippen LogP contribution in [0.3, 0.4) is 0 Å². The zero-order chi connectivity index (χ0) is 18.8. The first-order chi connectivity index (χ1) is 12.4. The number of amides is 1. The van der Waals surface area contributed by atoms with Crippen LogP contribution < -0.4 is 4.90 Å². The summed E-state index contributed by atoms with van der Waals surface area (Å²) >= 11 is 0. The molecule has 7 heteroatoms. The van der Waals surface area contributed by atoms with Gasteiger partial charge in [-0.15, -0.1) is 0 Å². The molecule has 0 N–H and O–H groups in total. The van der Waals surface area contributed by atoms with Gasteiger partial charge in [0.25, 0.3) is 5.91 Å². The van der Waals surface area contributed by atoms with E-state index < -0.39 is 28.9 Å². The molecule has 0 spiro atoms. The van der Waals surface area contributed by atoms with Gasteiger partial charge in [-0.2, -0.15) is 0 Å². The van der Waals surface area contributed by atoms with Crippen LogP contribution in [0.25, 0.3) is 0 Å². The van der Waals surface area contributed by atoms with Crippen molar-refractivity contribution in [3.63, 3.8) is 0 Å². The molecule has 136 valence electrons. The number of halogens is 3. The van der Waals surface area contributed by atoms with E-state index in [1.54, 1.807) is 11.0 Å². The van der Waals surface area contributed by atoms with E-state index in [1.165, 1.54) is 30.0 Å². The van der Waals surface area contributed by atoms with E-state index >= 15 is 0 Å². The van der Waals surface area contributed by atoms with E-state index in [2.05, 4.69) is 0 Å². The molecule has 0 saturated carbocycles. The summed E-state index contributed by atoms with van der Waals surface area (Å²) in [6, 6.07) is 7.54. The molecule has 1 amide bonds. The normalized spacial score (nSPS) is 14.5. The lowest BCUT2D eigenvalue weighted by atomic mass is 10.1. The molecule has 1 fully saturated rings. The molecule has 2 aromatic carbocycles. The van der Waals surface area contributed by atoms with Gasteiger partial charge < -0.3 is 9.80 Å². The highest BCUT2D eigenvalue weighted by molar-refractivity contribution is 5.95. The van der Waals surface area contributed by atoms with Crippen molar-refractivity contribution < 1.29 is 22.8 Å². The Morgan fingerprint density at radius 2 is 1.50 bits per heavy atom. The van der Waals surface area contributed by atoms with Crippen LogP contribution in [0.5, 0.6) is 0 Å². The lowest BCUT2D eigenvalue weighted by Gasteiger charge is -2.36. The van der Waals surface area contributed by atoms with Crippen LogP contribution >= 0.6 is 0 Å². The fourth-order valence-electron chi connectivity index (χ4n) is 2.99. The second-order valence-electron chi connectivity index (χ2n) is 6.10. The molecule has 4 nitrogen and oxygen atoms in total. The van der Waals surface area contributed by atoms with E-state index in [4.69, 9.17) is 0 Å². The summed E-state index contributed by atoms with van der Waals surface area (Å²) in [6.07, 6.45) is 0. The Labute approximate surface area is 148 Å². The van der Waals surface area contributed by atoms with Gasteiger partial charge in [0.1, 0.15) is 23.0 Å². The van der Waals surface area contributed by atoms with Gasteiger partial charge in [-0.25, -0.2) is 13.2 Å². The minimum Gasteiger partial charge on any atom is -0.366 e. The standard InChI is InChI=1S/C19H17F3N2O2/c1-12(25)13-5-6-17(16(22)11-13)23-7-9-24(10-8-23)19(26)18-14(20)3-2-4-15(18)21/h2-6,11H,7-10H2,1H3. The van der Waals surface area contributed by atoms with Crippen LogP contribution in [0.2, 0.25) is 0 Å². The highest BCUT2D eigenvalue weighted by Crippen LogP contribution is 2.23. The average molecular weight is 362 g/mol. The highest BCUT2D eigenvalue weighted by atomic mass is 19.1. The second-order valence-corrected chi connectivity index (χ2v) is 6.10. The first-order valence-electron chi connectivity index (χ1n) is 8.17. The van der Waals surface area contributed by atoms with Gasteiger partial charge in [-0.3, -0.25) is 9.59 Å². The number of hydrogen-bond acceptors (Lipinski definition) is 3. The number of anilines is 1. The van der Waals surface area contributed by atoms with E-state index in [9.17, 15) is 22.8 Å². The first kappa shape index (κ1) is 18.0. The van der Waals surface area contributed by atoms with Gasteiger partial charge in [-0.1, -0.05) is 6.07 Å². The Morgan fingerprint density at radius 1 is 0.885 bits per heavy atom. The van der Waals surface area contributed by atoms with Crippen LogP contribution in [0.1, 0.15) is 27.6 Å². The maximum absolute atomic E-state index is 14.2. The number of carbonyl (C=O) groups excluding carboxylic acids is 2. The third-order valence-electron chi connectivity index (χ3n) is 4.44. The number of Topliss-reactive ketones (excluding diaryl/α,β-unsaturated/α-hetero) is 1. The van der Waals surface area contributed by atoms with Gasteiger partial charge in [0.05, 0.1) is 5.69 Å². The third-order valence-corrected chi connectivity index (χ3v) is 4.44. The average Bonchev–Trinajstić information content (AvgIpc) is 2.61. The number of hydrogen-bond donors (Lipinski definition) is 0. The smallest absolute Gasteiger partial charge is 0.259 e. The number of benzene rings is 2. The summed E-state index contributed by atoms with van der Waals surface area (Å²) in [6.45, 7) is 2.41. The quantitative estimate of drug-likeness (QED) is 0.787. The van der Waals surface area contributed by atoms with Crippen molar-refractivity contribution >= 4 is 17.4 Å². The van der Waals surface area contributed by atoms with Crippen LogP contribution in [0.15, 0.2) is 36.4 Å². The van der Waals surface area contributed by atoms with E-state index in [0.29, 0.717) is 18.8 Å². The molecule has 1 heterocycles. The van der Waals surface area contributed by atoms with Crippen molar-refractivity contribution in [3.8, 4) is 0 Å². The second kappa shape index (κ2) is 7.19. The molecule has 3 rings (SSSR count). The predicted molar refractivity (Wildman–Crippen MR) is 90.9 cm³/mol. The Bertz CT molecular complexity index is 842. The van der Waals surface area contributed by atoms with E-state index in [-0.39, 0.29) is 24.4 Å². The number of piperazine rings is 1. The Morgan fingerprint density at radius 3 is 2.04 bits per heavy atom. The van der Waals surface area contributed by atoms with Crippen molar-refractivity contribution in [3.05, 3.63) is 65.0 Å². The zero-order valence-electron chi connectivity index (χ0n) is 14.1. The van der Waals surface area contributed by atoms with Crippen LogP contribution in [0, 0.1) is 17.5 Å². The maximum atomic E-state index is 14.2. The van der Waals surface area contributed by atoms with Crippen molar-refractivity contribution in [1.82, 2.24) is 4.90 Å². The number of nitrogens with zero attached hydrogens (tertiary/aromatic N) is 2. The Hall–Kier alpha value is -2.83. The molecule has 0 aliphatic carbocycles. The summed E-state index contributed by atoms with van der Waals surface area (Å²) in [5.74, 6) is -3.25. The number of rotatable bonds is 3. The Balaban J connectivity index is 1.71. The molecular weight excluding hydrogens is 345 g/mol. The van der Waals surface area contributed by atoms with Gasteiger partial charge in [0.15, 0.2) is 5.78 Å². The third kappa shape index (κ3) is 3.42. The minimum absolute atomic E-state index is 0.209. The van der Waals surface area contributed by atoms with Gasteiger partial charge >= 0.3 is 0 Å². The lowest BCUT2D eigenvalue weighted by Crippen LogP contribution is -2.49. The molecule has 0 unspecified atom stereocenters. The molecular formula is C19H17F3N2O2. The SMILES string of the molecule is CC(=O)c1ccc(N2CCN(C(=O)c3c(F)cccc3F)CC2)c(F)c1. The van der Waals surface area contributed by atoms with Crippen LogP contribution in [-0.2, 0) is 0 Å². The monoisotopic (exact) mass is 362 g/mol. The summed E-state index contributed by atoms with van der Waals surface area (Å²) in [4.78, 5) is 26.8. The molecule has 0 aromatic heterocycles. The molecule has 0 bridgehead atoms. The van der Waals surface area contributed by atoms with Crippen LogP contribution in [0.4, 0.5) is 18.9 Å². The highest BCUT2D eigenvalue weighted by Gasteiger charge is 2.27. The number of carbonyl (C=O) groups is 2. The van der Waals surface area contributed by atoms with Crippen molar-refractivity contribution in [2.24, 2.45) is 0 Å². The fourth-order valence-corrected chi connectivity index (χ4v) is 2.99. The van der Waals surface area contributed by atoms with Crippen molar-refractivity contribution in [2.45, 2.75) is 6.92 Å². The lowest BCUT2D eigenvalue weighted by molar-refractivity contribution is 0.0736. The first-order valence-corrected chi connectivity index (χ1v) is 8.17. The molecule has 26 heavy (non-hydrogen) atoms. The number of ketones is 1. The van der Waals surface area contributed by atoms with Gasteiger partial charge in [0, 0.05) is 31.7 Å². The van der Waals surface area contributed by atoms with E-state index in [1.807, 2.05) is 0 Å². The zero-order valence-corrected chi connectivity index (χ0v) is 14.1.